The number of fused-ring (bicyclic) bond motifs is 2. The number of aromatic nitrogens is 3. The Balaban J connectivity index is 0.754. The van der Waals surface area contributed by atoms with E-state index in [1.165, 1.54) is 16.5 Å². The van der Waals surface area contributed by atoms with Crippen LogP contribution in [0.25, 0.3) is 5.57 Å². The van der Waals surface area contributed by atoms with Gasteiger partial charge in [-0.15, -0.1) is 5.10 Å². The zero-order valence-corrected chi connectivity index (χ0v) is 79.5. The number of para-hydroxylation sites is 2. The second-order valence-electron chi connectivity index (χ2n) is 36.3. The Bertz CT molecular complexity index is 5280. The minimum atomic E-state index is -4.11. The molecule has 1 aromatic heterocycles. The van der Waals surface area contributed by atoms with E-state index < -0.39 is 82.9 Å². The molecule has 0 radical (unpaired) electrons. The monoisotopic (exact) mass is 1900 g/mol. The van der Waals surface area contributed by atoms with Crippen LogP contribution in [-0.2, 0) is 81.9 Å². The quantitative estimate of drug-likeness (QED) is 0.00752. The Morgan fingerprint density at radius 2 is 1.31 bits per heavy atom. The number of carbonyl (C=O) groups is 10. The Labute approximate surface area is 795 Å². The summed E-state index contributed by atoms with van der Waals surface area (Å²) >= 11 is 0. The number of nitriles is 1. The minimum absolute atomic E-state index is 0.0249. The van der Waals surface area contributed by atoms with Crippen molar-refractivity contribution < 1.29 is 90.8 Å². The van der Waals surface area contributed by atoms with E-state index in [1.807, 2.05) is 42.5 Å². The van der Waals surface area contributed by atoms with Crippen LogP contribution in [0.4, 0.5) is 11.4 Å². The molecule has 1 aliphatic carbocycles. The van der Waals surface area contributed by atoms with Gasteiger partial charge in [-0.05, 0) is 173 Å². The molecule has 6 amide bonds. The molecule has 4 aromatic carbocycles. The van der Waals surface area contributed by atoms with Gasteiger partial charge in [0.2, 0.25) is 29.5 Å². The molecule has 3 unspecified atom stereocenters. The first-order valence-electron chi connectivity index (χ1n) is 47.1. The largest absolute Gasteiger partial charge is 0.494 e. The van der Waals surface area contributed by atoms with Crippen LogP contribution in [-0.4, -0.2) is 293 Å². The standard InChI is InChI=1S/C99H133N17O19S/c1-70-33-37-83-80(62-70)99(4,5)86(40-35-72-23-18-22-71(94(72)135-76-26-8-6-9-27-76)34-39-85-98(2,3)79-29-11-12-31-82(79)115(85)50-16-17-61-136(131,132)133)116(83)49-14-7-10-32-89(119)106-81(96(128)104-47-46-103-88(118)42-38-84(97(129)130)112-58-56-110(68-92(123)124)54-52-109(67-91(121)122)53-55-111(57-59-112)69-93(125)126)30-13-15-48-113-66-74(107-108-113)36-41-87(117)102-45-21-60-134-77-28-19-24-73(63-77)78(43-44-100)95(127)105-65-90(120)114-51-20-25-75(114)64-101/h6,8-9,11-12,19,24,26-29,31,33-35,37,39-40,43-44,62-63,66,75,81,84,86,100H,7,10,13-18,20-23,25,30,32,36,38,41-42,45-61,65,67-69H2,1-5H3,(H,102,117)(H,103,118)(H,104,128)(H,105,127)(H,106,119)(H,121,122)(H,123,124)(H,125,126)(H,129,130)(H,131,132,133)/b40-35+,71-34?,78-43?,85-39?,100-44?/t75?,81-,84?,86?/m0/s1. The highest BCUT2D eigenvalue weighted by Crippen LogP contribution is 2.49. The van der Waals surface area contributed by atoms with Crippen molar-refractivity contribution in [3.8, 4) is 17.6 Å². The fraction of sp³-hybridized carbons (Fsp3) is 0.515. The highest BCUT2D eigenvalue weighted by Gasteiger charge is 2.44. The summed E-state index contributed by atoms with van der Waals surface area (Å²) in [5.41, 5.74) is 9.37. The number of nitrogens with zero attached hydrogens (tertiary/aromatic N) is 11. The molecule has 0 spiro atoms. The topological polar surface area (TPSA) is 486 Å². The van der Waals surface area contributed by atoms with Crippen LogP contribution in [0.5, 0.6) is 11.5 Å². The summed E-state index contributed by atoms with van der Waals surface area (Å²) in [6.07, 6.45) is 21.2. The van der Waals surface area contributed by atoms with Crippen molar-refractivity contribution in [3.05, 3.63) is 184 Å². The first-order valence-corrected chi connectivity index (χ1v) is 48.7. The van der Waals surface area contributed by atoms with Gasteiger partial charge in [-0.1, -0.05) is 124 Å². The van der Waals surface area contributed by atoms with Gasteiger partial charge in [-0.25, -0.2) is 0 Å². The lowest BCUT2D eigenvalue weighted by Crippen LogP contribution is -2.52. The van der Waals surface area contributed by atoms with Gasteiger partial charge in [0.15, 0.2) is 0 Å². The van der Waals surface area contributed by atoms with Crippen LogP contribution < -0.4 is 45.9 Å². The maximum Gasteiger partial charge on any atom is 0.320 e. The third-order valence-electron chi connectivity index (χ3n) is 25.4. The fourth-order valence-corrected chi connectivity index (χ4v) is 18.8. The molecule has 2 saturated heterocycles. The van der Waals surface area contributed by atoms with Crippen LogP contribution in [0.2, 0.25) is 0 Å². The fourth-order valence-electron chi connectivity index (χ4n) is 18.2. The maximum absolute atomic E-state index is 14.3. The number of hydrogen-bond donors (Lipinski definition) is 11. The van der Waals surface area contributed by atoms with Crippen molar-refractivity contribution in [3.63, 3.8) is 0 Å². The van der Waals surface area contributed by atoms with Crippen molar-refractivity contribution >= 4 is 92.6 Å². The molecule has 36 nitrogen and oxygen atoms in total. The lowest BCUT2D eigenvalue weighted by Gasteiger charge is -2.35. The van der Waals surface area contributed by atoms with Gasteiger partial charge in [0, 0.05) is 170 Å². The number of hydrogen-bond acceptors (Lipinski definition) is 24. The summed E-state index contributed by atoms with van der Waals surface area (Å²) < 4.78 is 47.6. The lowest BCUT2D eigenvalue weighted by atomic mass is 9.79. The molecule has 37 heteroatoms. The van der Waals surface area contributed by atoms with Gasteiger partial charge in [-0.2, -0.15) is 13.7 Å². The summed E-state index contributed by atoms with van der Waals surface area (Å²) in [4.78, 5) is 142. The van der Waals surface area contributed by atoms with Crippen molar-refractivity contribution in [2.75, 3.05) is 140 Å². The zero-order valence-electron chi connectivity index (χ0n) is 78.7. The number of aliphatic carboxylic acids is 4. The van der Waals surface area contributed by atoms with Gasteiger partial charge in [0.1, 0.15) is 35.4 Å². The van der Waals surface area contributed by atoms with Crippen LogP contribution in [0.3, 0.4) is 0 Å². The van der Waals surface area contributed by atoms with Gasteiger partial charge < -0.3 is 76.6 Å². The average molecular weight is 1900 g/mol. The number of nitrogens with one attached hydrogen (secondary N) is 6. The molecule has 0 saturated carbocycles. The number of rotatable bonds is 50. The number of aryl methyl sites for hydroxylation is 3. The van der Waals surface area contributed by atoms with E-state index in [9.17, 15) is 86.6 Å². The number of carboxylic acid groups (broad SMARTS) is 4. The number of benzene rings is 4. The SMILES string of the molecule is Cc1ccc2c(c1)C(C)(C)C(/C=C/C1=C(Oc3ccccc3)C(=CC=C3N(CCCCS(=O)(=O)O)c4ccccc4C3(C)C)CCC1)N2CCCCCC(=O)N[C@@H](CCCCn1cc(CCC(=O)NCCCOc2cccc(C(=CC=N)C(=O)NCC(=O)N3CCCC3C#N)c2)nn1)C(=O)NCCNC(=O)CCC(C(=O)O)N1CCN(CC(=O)O)CCN(CC(=O)O)CCN(CC(=O)O)CC1. The molecule has 734 valence electrons. The summed E-state index contributed by atoms with van der Waals surface area (Å²) in [5.74, 6) is -5.52. The van der Waals surface area contributed by atoms with Gasteiger partial charge >= 0.3 is 23.9 Å². The molecule has 11 N–H and O–H groups in total. The van der Waals surface area contributed by atoms with Crippen LogP contribution in [0.15, 0.2) is 156 Å². The second-order valence-corrected chi connectivity index (χ2v) is 37.8. The van der Waals surface area contributed by atoms with Crippen molar-refractivity contribution in [1.29, 1.82) is 10.7 Å². The first-order chi connectivity index (χ1) is 65.2. The summed E-state index contributed by atoms with van der Waals surface area (Å²) in [5, 5.41) is 79.5. The highest BCUT2D eigenvalue weighted by molar-refractivity contribution is 7.85. The van der Waals surface area contributed by atoms with Crippen LogP contribution in [0.1, 0.15) is 171 Å². The Morgan fingerprint density at radius 1 is 0.647 bits per heavy atom. The van der Waals surface area contributed by atoms with Crippen molar-refractivity contribution in [2.45, 2.75) is 198 Å². The van der Waals surface area contributed by atoms with E-state index in [2.05, 4.69) is 142 Å². The molecule has 4 aliphatic heterocycles. The number of amides is 6. The van der Waals surface area contributed by atoms with E-state index in [1.54, 1.807) is 54.7 Å². The first kappa shape index (κ1) is 106. The minimum Gasteiger partial charge on any atom is -0.494 e. The normalized spacial score (nSPS) is 18.4. The van der Waals surface area contributed by atoms with Crippen LogP contribution in [0, 0.1) is 23.7 Å². The van der Waals surface area contributed by atoms with E-state index in [4.69, 9.17) is 14.9 Å². The van der Waals surface area contributed by atoms with E-state index >= 15 is 0 Å². The maximum atomic E-state index is 14.3. The number of anilines is 2. The smallest absolute Gasteiger partial charge is 0.320 e. The van der Waals surface area contributed by atoms with Gasteiger partial charge in [0.25, 0.3) is 16.0 Å². The van der Waals surface area contributed by atoms with E-state index in [0.29, 0.717) is 120 Å². The third-order valence-corrected chi connectivity index (χ3v) is 26.2. The lowest BCUT2D eigenvalue weighted by molar-refractivity contribution is -0.145. The number of likely N-dealkylation sites (tertiary alicyclic amines) is 1. The number of allylic oxidation sites excluding steroid dienone is 7. The van der Waals surface area contributed by atoms with Crippen LogP contribution >= 0.6 is 0 Å². The zero-order chi connectivity index (χ0) is 97.9. The Kier molecular flexibility index (Phi) is 40.4. The highest BCUT2D eigenvalue weighted by atomic mass is 32.2. The van der Waals surface area contributed by atoms with Gasteiger partial charge in [-0.3, -0.25) is 76.8 Å². The molecule has 2 fully saturated rings. The van der Waals surface area contributed by atoms with Crippen molar-refractivity contribution in [1.82, 2.24) is 66.1 Å². The molecule has 5 aliphatic rings. The summed E-state index contributed by atoms with van der Waals surface area (Å²) in [6, 6.07) is 30.7. The summed E-state index contributed by atoms with van der Waals surface area (Å²) in [7, 11) is -4.11. The average Bonchev–Trinajstić information content (AvgIpc) is 1.61. The number of carbonyl (C=O) groups excluding carboxylic acids is 6. The second kappa shape index (κ2) is 52.0. The Hall–Kier alpha value is -12.5. The summed E-state index contributed by atoms with van der Waals surface area (Å²) in [6.45, 7) is 12.8. The predicted octanol–water partition coefficient (Wildman–Crippen LogP) is 8.44. The molecule has 5 aromatic rings. The number of unbranched alkanes of at least 4 members (excludes halogenated alkanes) is 4. The number of carboxylic acids is 4. The number of ether oxygens (including phenoxy) is 2. The van der Waals surface area contributed by atoms with Gasteiger partial charge in [0.05, 0.1) is 56.3 Å². The molecule has 136 heavy (non-hydrogen) atoms. The molecular formula is C99H133N17O19S. The molecular weight excluding hydrogens is 1760 g/mol. The molecule has 5 heterocycles. The predicted molar refractivity (Wildman–Crippen MR) is 514 cm³/mol. The molecule has 4 atom stereocenters. The van der Waals surface area contributed by atoms with E-state index in [-0.39, 0.29) is 163 Å². The third kappa shape index (κ3) is 32.1. The van der Waals surface area contributed by atoms with E-state index in [0.717, 1.165) is 77.0 Å². The van der Waals surface area contributed by atoms with Crippen molar-refractivity contribution in [2.24, 2.45) is 0 Å². The molecule has 10 rings (SSSR count). The Morgan fingerprint density at radius 3 is 2.00 bits per heavy atom. The molecule has 0 bridgehead atoms.